The Morgan fingerprint density at radius 3 is 2.68 bits per heavy atom. The Bertz CT molecular complexity index is 620. The number of carbonyl (C=O) groups excluding carboxylic acids is 1. The van der Waals surface area contributed by atoms with Crippen molar-refractivity contribution in [1.29, 1.82) is 0 Å². The standard InChI is InChI=1S/C14H16FN3O/c1-14(2,3)18-13-12(15)16-10-6-4-5-9(7-8-19)11(10)17-13/h4-6,8H,7H2,1-3H3,(H,17,18). The van der Waals surface area contributed by atoms with E-state index in [1.165, 1.54) is 0 Å². The number of nitrogens with one attached hydrogen (secondary N) is 1. The highest BCUT2D eigenvalue weighted by atomic mass is 19.1. The van der Waals surface area contributed by atoms with Crippen LogP contribution in [-0.2, 0) is 11.2 Å². The maximum Gasteiger partial charge on any atom is 0.256 e. The Labute approximate surface area is 111 Å². The van der Waals surface area contributed by atoms with Gasteiger partial charge in [0.25, 0.3) is 5.95 Å². The molecule has 4 nitrogen and oxygen atoms in total. The van der Waals surface area contributed by atoms with E-state index in [4.69, 9.17) is 0 Å². The number of carbonyl (C=O) groups is 1. The normalized spacial score (nSPS) is 11.6. The van der Waals surface area contributed by atoms with Gasteiger partial charge in [0.05, 0.1) is 11.0 Å². The van der Waals surface area contributed by atoms with E-state index >= 15 is 0 Å². The van der Waals surface area contributed by atoms with Gasteiger partial charge in [0.2, 0.25) is 0 Å². The van der Waals surface area contributed by atoms with E-state index in [0.717, 1.165) is 11.8 Å². The zero-order chi connectivity index (χ0) is 14.0. The average Bonchev–Trinajstić information content (AvgIpc) is 2.29. The molecule has 0 radical (unpaired) electrons. The number of aromatic nitrogens is 2. The van der Waals surface area contributed by atoms with Crippen molar-refractivity contribution in [2.45, 2.75) is 32.7 Å². The van der Waals surface area contributed by atoms with Crippen molar-refractivity contribution in [2.75, 3.05) is 5.32 Å². The van der Waals surface area contributed by atoms with Crippen LogP contribution in [0.5, 0.6) is 0 Å². The first-order chi connectivity index (χ1) is 8.90. The Morgan fingerprint density at radius 2 is 2.05 bits per heavy atom. The van der Waals surface area contributed by atoms with Crippen LogP contribution in [0.15, 0.2) is 18.2 Å². The molecule has 19 heavy (non-hydrogen) atoms. The molecule has 0 bridgehead atoms. The van der Waals surface area contributed by atoms with Gasteiger partial charge in [0, 0.05) is 12.0 Å². The lowest BCUT2D eigenvalue weighted by Crippen LogP contribution is -2.27. The van der Waals surface area contributed by atoms with Crippen LogP contribution < -0.4 is 5.32 Å². The first-order valence-electron chi connectivity index (χ1n) is 6.07. The van der Waals surface area contributed by atoms with Crippen molar-refractivity contribution in [3.8, 4) is 0 Å². The maximum atomic E-state index is 13.9. The molecule has 0 aliphatic rings. The van der Waals surface area contributed by atoms with E-state index in [1.807, 2.05) is 20.8 Å². The summed E-state index contributed by atoms with van der Waals surface area (Å²) in [5.41, 5.74) is 1.44. The van der Waals surface area contributed by atoms with Gasteiger partial charge in [0.1, 0.15) is 6.29 Å². The van der Waals surface area contributed by atoms with Crippen LogP contribution in [0.3, 0.4) is 0 Å². The summed E-state index contributed by atoms with van der Waals surface area (Å²) in [6, 6.07) is 5.22. The largest absolute Gasteiger partial charge is 0.362 e. The highest BCUT2D eigenvalue weighted by Crippen LogP contribution is 2.21. The number of anilines is 1. The first kappa shape index (κ1) is 13.4. The minimum absolute atomic E-state index is 0.110. The second-order valence-corrected chi connectivity index (χ2v) is 5.39. The Kier molecular flexibility index (Phi) is 3.46. The third-order valence-corrected chi connectivity index (χ3v) is 2.53. The zero-order valence-electron chi connectivity index (χ0n) is 11.2. The van der Waals surface area contributed by atoms with Crippen LogP contribution >= 0.6 is 0 Å². The van der Waals surface area contributed by atoms with Crippen LogP contribution in [0.2, 0.25) is 0 Å². The Morgan fingerprint density at radius 1 is 1.32 bits per heavy atom. The van der Waals surface area contributed by atoms with Crippen LogP contribution in [0.1, 0.15) is 26.3 Å². The van der Waals surface area contributed by atoms with Gasteiger partial charge in [-0.25, -0.2) is 9.97 Å². The highest BCUT2D eigenvalue weighted by Gasteiger charge is 2.16. The number of hydrogen-bond donors (Lipinski definition) is 1. The number of para-hydroxylation sites is 1. The lowest BCUT2D eigenvalue weighted by molar-refractivity contribution is -0.107. The molecule has 100 valence electrons. The fraction of sp³-hybridized carbons (Fsp3) is 0.357. The van der Waals surface area contributed by atoms with Gasteiger partial charge in [0.15, 0.2) is 5.82 Å². The molecule has 5 heteroatoms. The van der Waals surface area contributed by atoms with E-state index in [1.54, 1.807) is 18.2 Å². The molecule has 0 saturated heterocycles. The number of fused-ring (bicyclic) bond motifs is 1. The Hall–Kier alpha value is -2.04. The molecular weight excluding hydrogens is 245 g/mol. The van der Waals surface area contributed by atoms with E-state index in [9.17, 15) is 9.18 Å². The molecule has 2 aromatic rings. The predicted octanol–water partition coefficient (Wildman–Crippen LogP) is 2.72. The minimum atomic E-state index is -0.634. The number of halogens is 1. The molecule has 0 amide bonds. The second-order valence-electron chi connectivity index (χ2n) is 5.39. The van der Waals surface area contributed by atoms with Crippen molar-refractivity contribution < 1.29 is 9.18 Å². The third kappa shape index (κ3) is 3.05. The summed E-state index contributed by atoms with van der Waals surface area (Å²) < 4.78 is 13.9. The SMILES string of the molecule is CC(C)(C)Nc1nc2c(CC=O)cccc2nc1F. The van der Waals surface area contributed by atoms with Crippen molar-refractivity contribution >= 4 is 23.1 Å². The highest BCUT2D eigenvalue weighted by molar-refractivity contribution is 5.81. The number of aldehydes is 1. The molecule has 1 aromatic heterocycles. The van der Waals surface area contributed by atoms with E-state index < -0.39 is 5.95 Å². The van der Waals surface area contributed by atoms with Crippen LogP contribution in [-0.4, -0.2) is 21.8 Å². The lowest BCUT2D eigenvalue weighted by atomic mass is 10.1. The van der Waals surface area contributed by atoms with Crippen molar-refractivity contribution in [3.63, 3.8) is 0 Å². The summed E-state index contributed by atoms with van der Waals surface area (Å²) in [5, 5.41) is 2.97. The molecule has 1 aromatic carbocycles. The number of hydrogen-bond acceptors (Lipinski definition) is 4. The van der Waals surface area contributed by atoms with Gasteiger partial charge in [-0.1, -0.05) is 12.1 Å². The topological polar surface area (TPSA) is 54.9 Å². The quantitative estimate of drug-likeness (QED) is 0.863. The molecule has 2 rings (SSSR count). The fourth-order valence-corrected chi connectivity index (χ4v) is 1.80. The first-order valence-corrected chi connectivity index (χ1v) is 6.07. The molecule has 0 saturated carbocycles. The van der Waals surface area contributed by atoms with Crippen molar-refractivity contribution in [3.05, 3.63) is 29.7 Å². The van der Waals surface area contributed by atoms with Gasteiger partial charge in [-0.2, -0.15) is 4.39 Å². The van der Waals surface area contributed by atoms with Gasteiger partial charge in [-0.15, -0.1) is 0 Å². The number of benzene rings is 1. The molecule has 1 N–H and O–H groups in total. The summed E-state index contributed by atoms with van der Waals surface area (Å²) in [6.07, 6.45) is 1.04. The smallest absolute Gasteiger partial charge is 0.256 e. The molecular formula is C14H16FN3O. The van der Waals surface area contributed by atoms with Gasteiger partial charge >= 0.3 is 0 Å². The molecule has 0 aliphatic heterocycles. The number of rotatable bonds is 3. The molecule has 0 atom stereocenters. The van der Waals surface area contributed by atoms with Crippen molar-refractivity contribution in [2.24, 2.45) is 0 Å². The zero-order valence-corrected chi connectivity index (χ0v) is 11.2. The predicted molar refractivity (Wildman–Crippen MR) is 72.6 cm³/mol. The summed E-state index contributed by atoms with van der Waals surface area (Å²) in [4.78, 5) is 18.8. The van der Waals surface area contributed by atoms with E-state index in [2.05, 4.69) is 15.3 Å². The fourth-order valence-electron chi connectivity index (χ4n) is 1.80. The summed E-state index contributed by atoms with van der Waals surface area (Å²) >= 11 is 0. The molecule has 0 spiro atoms. The maximum absolute atomic E-state index is 13.9. The van der Waals surface area contributed by atoms with Gasteiger partial charge in [-0.3, -0.25) is 0 Å². The lowest BCUT2D eigenvalue weighted by Gasteiger charge is -2.21. The van der Waals surface area contributed by atoms with E-state index in [0.29, 0.717) is 11.0 Å². The molecule has 0 fully saturated rings. The van der Waals surface area contributed by atoms with Crippen LogP contribution in [0, 0.1) is 5.95 Å². The second kappa shape index (κ2) is 4.91. The van der Waals surface area contributed by atoms with Gasteiger partial charge < -0.3 is 10.1 Å². The van der Waals surface area contributed by atoms with Gasteiger partial charge in [-0.05, 0) is 32.4 Å². The Balaban J connectivity index is 2.58. The average molecular weight is 261 g/mol. The summed E-state index contributed by atoms with van der Waals surface area (Å²) in [5.74, 6) is -0.524. The van der Waals surface area contributed by atoms with Crippen molar-refractivity contribution in [1.82, 2.24) is 9.97 Å². The van der Waals surface area contributed by atoms with Crippen LogP contribution in [0.4, 0.5) is 10.2 Å². The molecule has 0 aliphatic carbocycles. The number of nitrogens with zero attached hydrogens (tertiary/aromatic N) is 2. The van der Waals surface area contributed by atoms with E-state index in [-0.39, 0.29) is 17.8 Å². The molecule has 1 heterocycles. The summed E-state index contributed by atoms with van der Waals surface area (Å²) in [7, 11) is 0. The summed E-state index contributed by atoms with van der Waals surface area (Å²) in [6.45, 7) is 5.74. The minimum Gasteiger partial charge on any atom is -0.362 e. The third-order valence-electron chi connectivity index (χ3n) is 2.53. The van der Waals surface area contributed by atoms with Crippen LogP contribution in [0.25, 0.3) is 11.0 Å². The monoisotopic (exact) mass is 261 g/mol. The molecule has 0 unspecified atom stereocenters.